The molecule has 0 aliphatic carbocycles. The number of primary amides is 1. The molecule has 0 spiro atoms. The molecule has 118 valence electrons. The molecule has 8 nitrogen and oxygen atoms in total. The largest absolute Gasteiger partial charge is 0.463 e. The minimum absolute atomic E-state index is 0.173. The fourth-order valence-corrected chi connectivity index (χ4v) is 2.08. The van der Waals surface area contributed by atoms with E-state index in [1.54, 1.807) is 12.3 Å². The van der Waals surface area contributed by atoms with Crippen molar-refractivity contribution >= 4 is 40.1 Å². The van der Waals surface area contributed by atoms with E-state index in [0.717, 1.165) is 23.5 Å². The number of ether oxygens (including phenoxy) is 2. The van der Waals surface area contributed by atoms with Crippen LogP contribution in [0.3, 0.4) is 0 Å². The van der Waals surface area contributed by atoms with Crippen molar-refractivity contribution in [1.29, 1.82) is 0 Å². The molecule has 0 bridgehead atoms. The quantitative estimate of drug-likeness (QED) is 0.553. The summed E-state index contributed by atoms with van der Waals surface area (Å²) >= 11 is 1.11. The highest BCUT2D eigenvalue weighted by Gasteiger charge is 2.13. The number of hydrogen-bond donors (Lipinski definition) is 2. The third kappa shape index (κ3) is 5.75. The van der Waals surface area contributed by atoms with Gasteiger partial charge in [0.15, 0.2) is 6.61 Å². The lowest BCUT2D eigenvalue weighted by Crippen LogP contribution is -2.21. The van der Waals surface area contributed by atoms with E-state index in [0.29, 0.717) is 0 Å². The Kier molecular flexibility index (Phi) is 6.77. The molecule has 2 amide bonds. The Morgan fingerprint density at radius 2 is 1.86 bits per heavy atom. The normalized spacial score (nSPS) is 10.2. The second-order valence-electron chi connectivity index (χ2n) is 3.77. The van der Waals surface area contributed by atoms with Crippen LogP contribution in [0.2, 0.25) is 0 Å². The molecule has 1 aromatic heterocycles. The van der Waals surface area contributed by atoms with E-state index in [2.05, 4.69) is 14.8 Å². The predicted octanol–water partition coefficient (Wildman–Crippen LogP) is 0.448. The van der Waals surface area contributed by atoms with Crippen molar-refractivity contribution in [3.63, 3.8) is 0 Å². The lowest BCUT2D eigenvalue weighted by molar-refractivity contribution is -0.143. The van der Waals surface area contributed by atoms with E-state index < -0.39 is 30.4 Å². The monoisotopic (exact) mass is 326 g/mol. The van der Waals surface area contributed by atoms with Gasteiger partial charge in [-0.25, -0.2) is 9.59 Å². The number of esters is 2. The first-order valence-electron chi connectivity index (χ1n) is 6.12. The SMILES string of the molecule is CCOC(=O)/C=C/C(=O)OCC(=O)Nc1sccc1C(N)=O. The Bertz CT molecular complexity index is 607. The molecule has 1 heterocycles. The summed E-state index contributed by atoms with van der Waals surface area (Å²) in [4.78, 5) is 44.9. The van der Waals surface area contributed by atoms with E-state index in [4.69, 9.17) is 5.73 Å². The van der Waals surface area contributed by atoms with Crippen molar-refractivity contribution in [3.05, 3.63) is 29.2 Å². The van der Waals surface area contributed by atoms with Crippen LogP contribution in [0.4, 0.5) is 5.00 Å². The second kappa shape index (κ2) is 8.57. The van der Waals surface area contributed by atoms with E-state index in [9.17, 15) is 19.2 Å². The molecule has 0 saturated heterocycles. The van der Waals surface area contributed by atoms with Gasteiger partial charge in [-0.15, -0.1) is 11.3 Å². The van der Waals surface area contributed by atoms with Gasteiger partial charge < -0.3 is 20.5 Å². The first-order chi connectivity index (χ1) is 10.4. The summed E-state index contributed by atoms with van der Waals surface area (Å²) in [6.07, 6.45) is 1.75. The van der Waals surface area contributed by atoms with Crippen LogP contribution in [0.5, 0.6) is 0 Å². The summed E-state index contributed by atoms with van der Waals surface area (Å²) in [6.45, 7) is 1.24. The Hall–Kier alpha value is -2.68. The van der Waals surface area contributed by atoms with Crippen LogP contribution in [0.25, 0.3) is 0 Å². The summed E-state index contributed by atoms with van der Waals surface area (Å²) in [7, 11) is 0. The number of thiophene rings is 1. The molecule has 22 heavy (non-hydrogen) atoms. The van der Waals surface area contributed by atoms with E-state index in [-0.39, 0.29) is 17.2 Å². The van der Waals surface area contributed by atoms with Crippen molar-refractivity contribution in [2.24, 2.45) is 5.73 Å². The molecular weight excluding hydrogens is 312 g/mol. The van der Waals surface area contributed by atoms with Gasteiger partial charge in [0.05, 0.1) is 12.2 Å². The summed E-state index contributed by atoms with van der Waals surface area (Å²) in [5, 5.41) is 4.26. The molecule has 0 saturated carbocycles. The maximum absolute atomic E-state index is 11.6. The molecule has 3 N–H and O–H groups in total. The van der Waals surface area contributed by atoms with Gasteiger partial charge in [-0.3, -0.25) is 9.59 Å². The number of anilines is 1. The maximum Gasteiger partial charge on any atom is 0.331 e. The predicted molar refractivity (Wildman–Crippen MR) is 78.2 cm³/mol. The number of nitrogens with two attached hydrogens (primary N) is 1. The summed E-state index contributed by atoms with van der Waals surface area (Å²) in [5.74, 6) is -2.87. The summed E-state index contributed by atoms with van der Waals surface area (Å²) in [5.41, 5.74) is 5.30. The van der Waals surface area contributed by atoms with Gasteiger partial charge in [0.25, 0.3) is 11.8 Å². The molecule has 0 aromatic carbocycles. The Labute approximate surface area is 129 Å². The van der Waals surface area contributed by atoms with E-state index in [1.807, 2.05) is 0 Å². The molecule has 0 aliphatic heterocycles. The van der Waals surface area contributed by atoms with Crippen molar-refractivity contribution in [2.75, 3.05) is 18.5 Å². The molecule has 0 unspecified atom stereocenters. The number of carbonyl (C=O) groups is 4. The average molecular weight is 326 g/mol. The third-order valence-electron chi connectivity index (χ3n) is 2.17. The van der Waals surface area contributed by atoms with E-state index in [1.165, 1.54) is 6.07 Å². The lowest BCUT2D eigenvalue weighted by atomic mass is 10.3. The minimum Gasteiger partial charge on any atom is -0.463 e. The lowest BCUT2D eigenvalue weighted by Gasteiger charge is -2.04. The highest BCUT2D eigenvalue weighted by molar-refractivity contribution is 7.14. The van der Waals surface area contributed by atoms with Crippen LogP contribution in [0, 0.1) is 0 Å². The van der Waals surface area contributed by atoms with Gasteiger partial charge in [-0.05, 0) is 18.4 Å². The van der Waals surface area contributed by atoms with Crippen LogP contribution in [-0.4, -0.2) is 37.0 Å². The Morgan fingerprint density at radius 3 is 2.45 bits per heavy atom. The highest BCUT2D eigenvalue weighted by atomic mass is 32.1. The van der Waals surface area contributed by atoms with Crippen LogP contribution in [-0.2, 0) is 23.9 Å². The van der Waals surface area contributed by atoms with Crippen molar-refractivity contribution in [2.45, 2.75) is 6.92 Å². The third-order valence-corrected chi connectivity index (χ3v) is 3.00. The number of hydrogen-bond acceptors (Lipinski definition) is 7. The fraction of sp³-hybridized carbons (Fsp3) is 0.231. The van der Waals surface area contributed by atoms with E-state index >= 15 is 0 Å². The van der Waals surface area contributed by atoms with Crippen molar-refractivity contribution in [3.8, 4) is 0 Å². The van der Waals surface area contributed by atoms with Gasteiger partial charge >= 0.3 is 11.9 Å². The summed E-state index contributed by atoms with van der Waals surface area (Å²) in [6, 6.07) is 1.47. The van der Waals surface area contributed by atoms with Gasteiger partial charge in [-0.1, -0.05) is 0 Å². The topological polar surface area (TPSA) is 125 Å². The number of rotatable bonds is 7. The Morgan fingerprint density at radius 1 is 1.23 bits per heavy atom. The highest BCUT2D eigenvalue weighted by Crippen LogP contribution is 2.22. The van der Waals surface area contributed by atoms with Gasteiger partial charge in [0.2, 0.25) is 0 Å². The standard InChI is InChI=1S/C13H14N2O6S/c1-2-20-10(17)3-4-11(18)21-7-9(16)15-13-8(12(14)19)5-6-22-13/h3-6H,2,7H2,1H3,(H2,14,19)(H,15,16)/b4-3+. The minimum atomic E-state index is -0.871. The molecular formula is C13H14N2O6S. The van der Waals surface area contributed by atoms with Gasteiger partial charge in [-0.2, -0.15) is 0 Å². The second-order valence-corrected chi connectivity index (χ2v) is 4.69. The zero-order valence-electron chi connectivity index (χ0n) is 11.7. The van der Waals surface area contributed by atoms with Gasteiger partial charge in [0.1, 0.15) is 5.00 Å². The zero-order chi connectivity index (χ0) is 16.5. The van der Waals surface area contributed by atoms with Crippen LogP contribution >= 0.6 is 11.3 Å². The molecule has 0 atom stereocenters. The van der Waals surface area contributed by atoms with Crippen molar-refractivity contribution < 1.29 is 28.7 Å². The van der Waals surface area contributed by atoms with Crippen LogP contribution < -0.4 is 11.1 Å². The molecule has 1 aromatic rings. The number of carbonyl (C=O) groups excluding carboxylic acids is 4. The molecule has 1 rings (SSSR count). The number of amides is 2. The molecule has 0 radical (unpaired) electrons. The summed E-state index contributed by atoms with van der Waals surface area (Å²) < 4.78 is 9.19. The first kappa shape index (κ1) is 17.4. The first-order valence-corrected chi connectivity index (χ1v) is 7.00. The molecule has 0 fully saturated rings. The average Bonchev–Trinajstić information content (AvgIpc) is 2.91. The maximum atomic E-state index is 11.6. The van der Waals surface area contributed by atoms with Crippen LogP contribution in [0.1, 0.15) is 17.3 Å². The number of nitrogens with one attached hydrogen (secondary N) is 1. The van der Waals surface area contributed by atoms with Gasteiger partial charge in [0, 0.05) is 12.2 Å². The van der Waals surface area contributed by atoms with Crippen LogP contribution in [0.15, 0.2) is 23.6 Å². The smallest absolute Gasteiger partial charge is 0.331 e. The van der Waals surface area contributed by atoms with Crippen molar-refractivity contribution in [1.82, 2.24) is 0 Å². The molecule has 9 heteroatoms. The zero-order valence-corrected chi connectivity index (χ0v) is 12.5. The Balaban J connectivity index is 2.43. The fourth-order valence-electron chi connectivity index (χ4n) is 1.27. The molecule has 0 aliphatic rings.